The van der Waals surface area contributed by atoms with E-state index < -0.39 is 15.8 Å². The fraction of sp³-hybridized carbons (Fsp3) is 0.538. The third-order valence-corrected chi connectivity index (χ3v) is 5.36. The minimum Gasteiger partial charge on any atom is -0.383 e. The molecular formula is C13H19ClFNO3S. The minimum absolute atomic E-state index is 0.128. The highest BCUT2D eigenvalue weighted by Gasteiger charge is 2.30. The molecule has 4 nitrogen and oxygen atoms in total. The van der Waals surface area contributed by atoms with Crippen LogP contribution in [0, 0.1) is 5.82 Å². The molecule has 20 heavy (non-hydrogen) atoms. The van der Waals surface area contributed by atoms with Crippen molar-refractivity contribution in [3.63, 3.8) is 0 Å². The molecule has 0 saturated heterocycles. The molecule has 0 spiro atoms. The number of likely N-dealkylation sites (N-methyl/N-ethyl adjacent to an activating group) is 1. The average molecular weight is 324 g/mol. The Morgan fingerprint density at radius 1 is 1.45 bits per heavy atom. The first-order valence-electron chi connectivity index (χ1n) is 6.23. The number of benzene rings is 1. The van der Waals surface area contributed by atoms with Gasteiger partial charge < -0.3 is 4.74 Å². The Labute approximate surface area is 124 Å². The first kappa shape index (κ1) is 17.4. The molecule has 1 rings (SSSR count). The van der Waals surface area contributed by atoms with Crippen LogP contribution < -0.4 is 0 Å². The Morgan fingerprint density at radius 2 is 2.10 bits per heavy atom. The van der Waals surface area contributed by atoms with Crippen LogP contribution in [0.3, 0.4) is 0 Å². The van der Waals surface area contributed by atoms with E-state index in [1.807, 2.05) is 0 Å². The smallest absolute Gasteiger partial charge is 0.246 e. The number of nitrogens with zero attached hydrogens (tertiary/aromatic N) is 1. The first-order chi connectivity index (χ1) is 9.38. The summed E-state index contributed by atoms with van der Waals surface area (Å²) < 4.78 is 45.2. The molecule has 114 valence electrons. The summed E-state index contributed by atoms with van der Waals surface area (Å²) >= 11 is 5.68. The molecule has 1 aromatic rings. The van der Waals surface area contributed by atoms with Gasteiger partial charge in [-0.2, -0.15) is 4.31 Å². The molecular weight excluding hydrogens is 305 g/mol. The van der Waals surface area contributed by atoms with Crippen molar-refractivity contribution in [3.8, 4) is 0 Å². The van der Waals surface area contributed by atoms with E-state index >= 15 is 0 Å². The predicted octanol–water partition coefficient (Wildman–Crippen LogP) is 2.61. The van der Waals surface area contributed by atoms with Crippen LogP contribution in [0.15, 0.2) is 23.1 Å². The zero-order valence-corrected chi connectivity index (χ0v) is 13.3. The Balaban J connectivity index is 3.26. The van der Waals surface area contributed by atoms with Crippen LogP contribution >= 0.6 is 11.6 Å². The van der Waals surface area contributed by atoms with Crippen molar-refractivity contribution in [2.24, 2.45) is 0 Å². The number of methoxy groups -OCH3 is 1. The standard InChI is InChI=1S/C13H19ClFNO3S/c1-4-16(10(2)9-19-3)20(17,18)13-7-11(8-14)5-6-12(13)15/h5-7,10H,4,8-9H2,1-3H3. The number of sulfonamides is 1. The van der Waals surface area contributed by atoms with Gasteiger partial charge in [0.15, 0.2) is 0 Å². The summed E-state index contributed by atoms with van der Waals surface area (Å²) in [5, 5.41) is 0. The average Bonchev–Trinajstić information content (AvgIpc) is 2.39. The number of hydrogen-bond donors (Lipinski definition) is 0. The molecule has 0 aromatic heterocycles. The number of alkyl halides is 1. The second-order valence-corrected chi connectivity index (χ2v) is 6.54. The quantitative estimate of drug-likeness (QED) is 0.725. The highest BCUT2D eigenvalue weighted by Crippen LogP contribution is 2.23. The van der Waals surface area contributed by atoms with Crippen molar-refractivity contribution < 1.29 is 17.5 Å². The molecule has 7 heteroatoms. The van der Waals surface area contributed by atoms with Crippen molar-refractivity contribution in [1.82, 2.24) is 4.31 Å². The fourth-order valence-corrected chi connectivity index (χ4v) is 3.91. The van der Waals surface area contributed by atoms with Gasteiger partial charge in [0.25, 0.3) is 0 Å². The molecule has 0 fully saturated rings. The van der Waals surface area contributed by atoms with Gasteiger partial charge in [0, 0.05) is 25.6 Å². The van der Waals surface area contributed by atoms with Gasteiger partial charge >= 0.3 is 0 Å². The van der Waals surface area contributed by atoms with E-state index in [1.165, 1.54) is 23.5 Å². The zero-order chi connectivity index (χ0) is 15.3. The van der Waals surface area contributed by atoms with Gasteiger partial charge in [-0.25, -0.2) is 12.8 Å². The summed E-state index contributed by atoms with van der Waals surface area (Å²) in [6.07, 6.45) is 0. The third kappa shape index (κ3) is 3.69. The van der Waals surface area contributed by atoms with E-state index in [2.05, 4.69) is 0 Å². The molecule has 0 aliphatic carbocycles. The van der Waals surface area contributed by atoms with Crippen LogP contribution in [0.1, 0.15) is 19.4 Å². The lowest BCUT2D eigenvalue weighted by Gasteiger charge is -2.26. The molecule has 1 atom stereocenters. The monoisotopic (exact) mass is 323 g/mol. The second kappa shape index (κ2) is 7.36. The highest BCUT2D eigenvalue weighted by molar-refractivity contribution is 7.89. The molecule has 1 unspecified atom stereocenters. The van der Waals surface area contributed by atoms with Gasteiger partial charge in [-0.1, -0.05) is 13.0 Å². The second-order valence-electron chi connectivity index (χ2n) is 4.41. The highest BCUT2D eigenvalue weighted by atomic mass is 35.5. The summed E-state index contributed by atoms with van der Waals surface area (Å²) in [6, 6.07) is 3.49. The largest absolute Gasteiger partial charge is 0.383 e. The van der Waals surface area contributed by atoms with E-state index in [1.54, 1.807) is 13.8 Å². The third-order valence-electron chi connectivity index (χ3n) is 2.95. The Kier molecular flexibility index (Phi) is 6.39. The van der Waals surface area contributed by atoms with Crippen molar-refractivity contribution >= 4 is 21.6 Å². The maximum absolute atomic E-state index is 13.9. The lowest BCUT2D eigenvalue weighted by atomic mass is 10.2. The normalized spacial score (nSPS) is 13.7. The Morgan fingerprint density at radius 3 is 2.60 bits per heavy atom. The van der Waals surface area contributed by atoms with Crippen molar-refractivity contribution in [2.75, 3.05) is 20.3 Å². The maximum Gasteiger partial charge on any atom is 0.246 e. The molecule has 1 aromatic carbocycles. The Hall–Kier alpha value is -0.690. The van der Waals surface area contributed by atoms with E-state index in [4.69, 9.17) is 16.3 Å². The molecule has 0 heterocycles. The molecule has 0 amide bonds. The summed E-state index contributed by atoms with van der Waals surface area (Å²) in [5.41, 5.74) is 0.557. The predicted molar refractivity (Wildman–Crippen MR) is 76.9 cm³/mol. The van der Waals surface area contributed by atoms with Crippen LogP contribution in [0.4, 0.5) is 4.39 Å². The number of hydrogen-bond acceptors (Lipinski definition) is 3. The fourth-order valence-electron chi connectivity index (χ4n) is 2.00. The lowest BCUT2D eigenvalue weighted by Crippen LogP contribution is -2.41. The van der Waals surface area contributed by atoms with E-state index in [-0.39, 0.29) is 30.0 Å². The van der Waals surface area contributed by atoms with E-state index in [9.17, 15) is 12.8 Å². The van der Waals surface area contributed by atoms with E-state index in [0.29, 0.717) is 5.56 Å². The molecule has 0 aliphatic heterocycles. The molecule has 0 saturated carbocycles. The number of rotatable bonds is 7. The van der Waals surface area contributed by atoms with Crippen LogP contribution in [0.5, 0.6) is 0 Å². The van der Waals surface area contributed by atoms with Crippen molar-refractivity contribution in [2.45, 2.75) is 30.7 Å². The maximum atomic E-state index is 13.9. The zero-order valence-electron chi connectivity index (χ0n) is 11.8. The molecule has 0 N–H and O–H groups in total. The molecule has 0 bridgehead atoms. The van der Waals surface area contributed by atoms with Gasteiger partial charge in [0.2, 0.25) is 10.0 Å². The van der Waals surface area contributed by atoms with Gasteiger partial charge in [-0.05, 0) is 24.6 Å². The Bertz CT molecular complexity index is 551. The van der Waals surface area contributed by atoms with Crippen LogP contribution in [0.25, 0.3) is 0 Å². The van der Waals surface area contributed by atoms with E-state index in [0.717, 1.165) is 6.07 Å². The summed E-state index contributed by atoms with van der Waals surface area (Å²) in [5.74, 6) is -0.648. The minimum atomic E-state index is -3.92. The topological polar surface area (TPSA) is 46.6 Å². The summed E-state index contributed by atoms with van der Waals surface area (Å²) in [7, 11) is -2.42. The van der Waals surface area contributed by atoms with Gasteiger partial charge in [-0.15, -0.1) is 11.6 Å². The summed E-state index contributed by atoms with van der Waals surface area (Å²) in [6.45, 7) is 3.89. The SMILES string of the molecule is CCN(C(C)COC)S(=O)(=O)c1cc(CCl)ccc1F. The number of ether oxygens (including phenoxy) is 1. The van der Waals surface area contributed by atoms with Crippen LogP contribution in [0.2, 0.25) is 0 Å². The molecule has 0 aliphatic rings. The van der Waals surface area contributed by atoms with Gasteiger partial charge in [0.1, 0.15) is 10.7 Å². The van der Waals surface area contributed by atoms with Crippen LogP contribution in [-0.2, 0) is 20.6 Å². The van der Waals surface area contributed by atoms with Crippen molar-refractivity contribution in [1.29, 1.82) is 0 Å². The van der Waals surface area contributed by atoms with Gasteiger partial charge in [-0.3, -0.25) is 0 Å². The number of halogens is 2. The van der Waals surface area contributed by atoms with Gasteiger partial charge in [0.05, 0.1) is 6.61 Å². The lowest BCUT2D eigenvalue weighted by molar-refractivity contribution is 0.142. The first-order valence-corrected chi connectivity index (χ1v) is 8.21. The van der Waals surface area contributed by atoms with Crippen LogP contribution in [-0.4, -0.2) is 39.0 Å². The van der Waals surface area contributed by atoms with Crippen molar-refractivity contribution in [3.05, 3.63) is 29.6 Å². The summed E-state index contributed by atoms with van der Waals surface area (Å²) in [4.78, 5) is -0.347. The molecule has 0 radical (unpaired) electrons.